The Morgan fingerprint density at radius 1 is 1.00 bits per heavy atom. The first kappa shape index (κ1) is 19.5. The van der Waals surface area contributed by atoms with E-state index in [0.29, 0.717) is 15.7 Å². The summed E-state index contributed by atoms with van der Waals surface area (Å²) < 4.78 is 39.0. The number of rotatable bonds is 6. The van der Waals surface area contributed by atoms with Gasteiger partial charge in [-0.1, -0.05) is 23.2 Å². The first-order valence-electron chi connectivity index (χ1n) is 7.03. The van der Waals surface area contributed by atoms with Crippen molar-refractivity contribution in [3.05, 3.63) is 58.3 Å². The van der Waals surface area contributed by atoms with Crippen LogP contribution in [0.3, 0.4) is 0 Å². The quantitative estimate of drug-likeness (QED) is 0.644. The van der Waals surface area contributed by atoms with Gasteiger partial charge in [0.25, 0.3) is 0 Å². The highest BCUT2D eigenvalue weighted by atomic mass is 35.5. The molecule has 0 saturated heterocycles. The highest BCUT2D eigenvalue weighted by molar-refractivity contribution is 7.89. The molecule has 2 aromatic rings. The molecule has 0 saturated carbocycles. The average molecular weight is 406 g/mol. The van der Waals surface area contributed by atoms with Crippen LogP contribution in [0.5, 0.6) is 0 Å². The van der Waals surface area contributed by atoms with E-state index in [1.54, 1.807) is 6.07 Å². The van der Waals surface area contributed by atoms with Crippen molar-refractivity contribution in [2.24, 2.45) is 0 Å². The molecule has 0 atom stereocenters. The fourth-order valence-electron chi connectivity index (χ4n) is 1.81. The number of carbonyl (C=O) groups excluding carboxylic acids is 1. The summed E-state index contributed by atoms with van der Waals surface area (Å²) in [6.07, 6.45) is 0. The summed E-state index contributed by atoms with van der Waals surface area (Å²) in [4.78, 5) is 11.7. The molecule has 2 aromatic carbocycles. The second kappa shape index (κ2) is 8.48. The molecule has 6 nitrogen and oxygen atoms in total. The number of anilines is 1. The third-order valence-corrected chi connectivity index (χ3v) is 5.22. The lowest BCUT2D eigenvalue weighted by molar-refractivity contribution is 0.252. The molecule has 0 spiro atoms. The molecule has 2 rings (SSSR count). The number of amides is 2. The molecule has 0 heterocycles. The predicted molar refractivity (Wildman–Crippen MR) is 95.1 cm³/mol. The van der Waals surface area contributed by atoms with Gasteiger partial charge in [-0.25, -0.2) is 22.3 Å². The first-order chi connectivity index (χ1) is 11.8. The monoisotopic (exact) mass is 405 g/mol. The number of hydrogen-bond acceptors (Lipinski definition) is 3. The van der Waals surface area contributed by atoms with E-state index in [2.05, 4.69) is 15.4 Å². The maximum absolute atomic E-state index is 12.8. The third kappa shape index (κ3) is 5.86. The zero-order valence-electron chi connectivity index (χ0n) is 12.7. The van der Waals surface area contributed by atoms with Gasteiger partial charge in [0.05, 0.1) is 14.9 Å². The maximum atomic E-state index is 12.8. The zero-order valence-corrected chi connectivity index (χ0v) is 15.1. The summed E-state index contributed by atoms with van der Waals surface area (Å²) in [6, 6.07) is 8.49. The van der Waals surface area contributed by atoms with Gasteiger partial charge in [0.1, 0.15) is 5.82 Å². The molecule has 0 aliphatic carbocycles. The lowest BCUT2D eigenvalue weighted by Gasteiger charge is -2.10. The van der Waals surface area contributed by atoms with Gasteiger partial charge in [0.15, 0.2) is 0 Å². The summed E-state index contributed by atoms with van der Waals surface area (Å²) in [6.45, 7) is 0.0160. The molecule has 134 valence electrons. The van der Waals surface area contributed by atoms with Crippen LogP contribution in [0.25, 0.3) is 0 Å². The van der Waals surface area contributed by atoms with E-state index in [1.165, 1.54) is 12.1 Å². The second-order valence-electron chi connectivity index (χ2n) is 4.86. The smallest absolute Gasteiger partial charge is 0.319 e. The number of sulfonamides is 1. The predicted octanol–water partition coefficient (Wildman–Crippen LogP) is 3.23. The Bertz CT molecular complexity index is 861. The largest absolute Gasteiger partial charge is 0.337 e. The Morgan fingerprint density at radius 2 is 1.68 bits per heavy atom. The van der Waals surface area contributed by atoms with Crippen LogP contribution >= 0.6 is 23.2 Å². The SMILES string of the molecule is O=C(NCCNS(=O)(=O)c1ccc(F)cc1)Nc1ccc(Cl)c(Cl)c1. The minimum atomic E-state index is -3.76. The van der Waals surface area contributed by atoms with Gasteiger partial charge in [-0.05, 0) is 42.5 Å². The highest BCUT2D eigenvalue weighted by Crippen LogP contribution is 2.24. The van der Waals surface area contributed by atoms with Crippen molar-refractivity contribution in [3.8, 4) is 0 Å². The number of nitrogens with one attached hydrogen (secondary N) is 3. The molecule has 0 radical (unpaired) electrons. The van der Waals surface area contributed by atoms with Crippen LogP contribution in [-0.2, 0) is 10.0 Å². The molecule has 25 heavy (non-hydrogen) atoms. The van der Waals surface area contributed by atoms with Crippen LogP contribution in [0.15, 0.2) is 47.4 Å². The molecule has 0 aromatic heterocycles. The first-order valence-corrected chi connectivity index (χ1v) is 9.27. The van der Waals surface area contributed by atoms with Crippen molar-refractivity contribution in [1.29, 1.82) is 0 Å². The Morgan fingerprint density at radius 3 is 2.32 bits per heavy atom. The van der Waals surface area contributed by atoms with Gasteiger partial charge in [0.2, 0.25) is 10.0 Å². The van der Waals surface area contributed by atoms with E-state index in [4.69, 9.17) is 23.2 Å². The summed E-state index contributed by atoms with van der Waals surface area (Å²) >= 11 is 11.6. The van der Waals surface area contributed by atoms with E-state index in [-0.39, 0.29) is 18.0 Å². The lowest BCUT2D eigenvalue weighted by atomic mass is 10.3. The number of benzene rings is 2. The van der Waals surface area contributed by atoms with E-state index in [0.717, 1.165) is 24.3 Å². The summed E-state index contributed by atoms with van der Waals surface area (Å²) in [5.74, 6) is -0.528. The minimum absolute atomic E-state index is 0.0332. The Balaban J connectivity index is 1.79. The normalized spacial score (nSPS) is 11.2. The van der Waals surface area contributed by atoms with Gasteiger partial charge in [-0.3, -0.25) is 0 Å². The van der Waals surface area contributed by atoms with Crippen molar-refractivity contribution >= 4 is 44.9 Å². The lowest BCUT2D eigenvalue weighted by Crippen LogP contribution is -2.36. The number of hydrogen-bond donors (Lipinski definition) is 3. The van der Waals surface area contributed by atoms with E-state index in [9.17, 15) is 17.6 Å². The highest BCUT2D eigenvalue weighted by Gasteiger charge is 2.13. The molecule has 0 aliphatic heterocycles. The van der Waals surface area contributed by atoms with Crippen molar-refractivity contribution in [3.63, 3.8) is 0 Å². The Hall–Kier alpha value is -1.87. The summed E-state index contributed by atoms with van der Waals surface area (Å²) in [7, 11) is -3.76. The standard InChI is InChI=1S/C15H14Cl2FN3O3S/c16-13-6-3-11(9-14(13)17)21-15(22)19-7-8-20-25(23,24)12-4-1-10(18)2-5-12/h1-6,9,20H,7-8H2,(H2,19,21,22). The molecular formula is C15H14Cl2FN3O3S. The van der Waals surface area contributed by atoms with Crippen molar-refractivity contribution in [1.82, 2.24) is 10.0 Å². The molecule has 3 N–H and O–H groups in total. The molecule has 0 aliphatic rings. The van der Waals surface area contributed by atoms with Crippen LogP contribution in [0.2, 0.25) is 10.0 Å². The number of carbonyl (C=O) groups is 1. The van der Waals surface area contributed by atoms with Crippen LogP contribution in [0.4, 0.5) is 14.9 Å². The molecule has 0 fully saturated rings. The average Bonchev–Trinajstić information content (AvgIpc) is 2.55. The molecule has 10 heteroatoms. The van der Waals surface area contributed by atoms with Crippen molar-refractivity contribution in [2.75, 3.05) is 18.4 Å². The second-order valence-corrected chi connectivity index (χ2v) is 7.44. The van der Waals surface area contributed by atoms with Crippen LogP contribution in [0, 0.1) is 5.82 Å². The van der Waals surface area contributed by atoms with Gasteiger partial charge >= 0.3 is 6.03 Å². The molecule has 2 amide bonds. The van der Waals surface area contributed by atoms with Gasteiger partial charge < -0.3 is 10.6 Å². The fourth-order valence-corrected chi connectivity index (χ4v) is 3.14. The van der Waals surface area contributed by atoms with E-state index in [1.807, 2.05) is 0 Å². The molecular weight excluding hydrogens is 392 g/mol. The summed E-state index contributed by atoms with van der Waals surface area (Å²) in [5, 5.41) is 5.68. The fraction of sp³-hybridized carbons (Fsp3) is 0.133. The zero-order chi connectivity index (χ0) is 18.4. The van der Waals surface area contributed by atoms with Gasteiger partial charge in [0, 0.05) is 18.8 Å². The Kier molecular flexibility index (Phi) is 6.60. The van der Waals surface area contributed by atoms with E-state index < -0.39 is 21.9 Å². The topological polar surface area (TPSA) is 87.3 Å². The summed E-state index contributed by atoms with van der Waals surface area (Å²) in [5.41, 5.74) is 0.443. The van der Waals surface area contributed by atoms with Crippen molar-refractivity contribution < 1.29 is 17.6 Å². The maximum Gasteiger partial charge on any atom is 0.319 e. The molecule has 0 bridgehead atoms. The minimum Gasteiger partial charge on any atom is -0.337 e. The number of halogens is 3. The van der Waals surface area contributed by atoms with Crippen LogP contribution < -0.4 is 15.4 Å². The van der Waals surface area contributed by atoms with Crippen LogP contribution in [-0.4, -0.2) is 27.5 Å². The van der Waals surface area contributed by atoms with Gasteiger partial charge in [-0.2, -0.15) is 0 Å². The van der Waals surface area contributed by atoms with E-state index >= 15 is 0 Å². The number of urea groups is 1. The molecule has 0 unspecified atom stereocenters. The Labute approximate surface area is 154 Å². The van der Waals surface area contributed by atoms with Crippen molar-refractivity contribution in [2.45, 2.75) is 4.90 Å². The van der Waals surface area contributed by atoms with Gasteiger partial charge in [-0.15, -0.1) is 0 Å². The third-order valence-electron chi connectivity index (χ3n) is 3.00. The van der Waals surface area contributed by atoms with Crippen LogP contribution in [0.1, 0.15) is 0 Å².